The number of hydrogen-bond donors (Lipinski definition) is 4. The zero-order valence-corrected chi connectivity index (χ0v) is 8.83. The molecular weight excluding hydrogens is 228 g/mol. The molecule has 4 N–H and O–H groups in total. The maximum Gasteiger partial charge on any atom is 0.337 e. The summed E-state index contributed by atoms with van der Waals surface area (Å²) in [4.78, 5) is 21.1. The lowest BCUT2D eigenvalue weighted by molar-refractivity contribution is -0.147. The number of aliphatic hydroxyl groups excluding tert-OH is 1. The fourth-order valence-corrected chi connectivity index (χ4v) is 1.45. The van der Waals surface area contributed by atoms with Gasteiger partial charge >= 0.3 is 11.9 Å². The van der Waals surface area contributed by atoms with Crippen molar-refractivity contribution < 1.29 is 30.0 Å². The molecule has 0 aliphatic rings. The van der Waals surface area contributed by atoms with Gasteiger partial charge in [-0.1, -0.05) is 6.07 Å². The highest BCUT2D eigenvalue weighted by Gasteiger charge is 2.20. The van der Waals surface area contributed by atoms with Gasteiger partial charge in [0.2, 0.25) is 0 Å². The average molecular weight is 240 g/mol. The fraction of sp³-hybridized carbons (Fsp3) is 0.273. The lowest BCUT2D eigenvalue weighted by atomic mass is 9.98. The minimum Gasteiger partial charge on any atom is -0.508 e. The van der Waals surface area contributed by atoms with E-state index in [9.17, 15) is 19.8 Å². The molecule has 0 heterocycles. The van der Waals surface area contributed by atoms with Gasteiger partial charge in [-0.05, 0) is 29.7 Å². The Morgan fingerprint density at radius 1 is 1.24 bits per heavy atom. The van der Waals surface area contributed by atoms with E-state index in [-0.39, 0.29) is 24.2 Å². The van der Waals surface area contributed by atoms with Gasteiger partial charge in [-0.15, -0.1) is 0 Å². The summed E-state index contributed by atoms with van der Waals surface area (Å²) >= 11 is 0. The molecule has 0 saturated carbocycles. The van der Waals surface area contributed by atoms with Gasteiger partial charge in [0.15, 0.2) is 6.10 Å². The largest absolute Gasteiger partial charge is 0.508 e. The first-order valence-electron chi connectivity index (χ1n) is 4.86. The number of aliphatic hydroxyl groups is 1. The second-order valence-electron chi connectivity index (χ2n) is 3.52. The van der Waals surface area contributed by atoms with Crippen LogP contribution >= 0.6 is 0 Å². The van der Waals surface area contributed by atoms with Crippen molar-refractivity contribution in [3.63, 3.8) is 0 Å². The Bertz CT molecular complexity index is 440. The number of rotatable bonds is 5. The number of benzene rings is 1. The van der Waals surface area contributed by atoms with E-state index in [0.29, 0.717) is 5.56 Å². The van der Waals surface area contributed by atoms with Gasteiger partial charge in [-0.25, -0.2) is 4.79 Å². The molecule has 6 nitrogen and oxygen atoms in total. The number of carbonyl (C=O) groups is 2. The van der Waals surface area contributed by atoms with Crippen LogP contribution in [0.5, 0.6) is 5.75 Å². The summed E-state index contributed by atoms with van der Waals surface area (Å²) < 4.78 is 0. The van der Waals surface area contributed by atoms with E-state index < -0.39 is 18.0 Å². The van der Waals surface area contributed by atoms with E-state index in [2.05, 4.69) is 0 Å². The number of carboxylic acid groups (broad SMARTS) is 2. The van der Waals surface area contributed by atoms with E-state index in [4.69, 9.17) is 10.2 Å². The molecule has 1 aromatic rings. The fourth-order valence-electron chi connectivity index (χ4n) is 1.45. The Morgan fingerprint density at radius 3 is 2.41 bits per heavy atom. The van der Waals surface area contributed by atoms with Gasteiger partial charge < -0.3 is 20.4 Å². The van der Waals surface area contributed by atoms with Crippen molar-refractivity contribution >= 4 is 11.9 Å². The number of hydrogen-bond acceptors (Lipinski definition) is 4. The summed E-state index contributed by atoms with van der Waals surface area (Å²) in [5.74, 6) is -2.57. The van der Waals surface area contributed by atoms with Crippen LogP contribution < -0.4 is 0 Å². The highest BCUT2D eigenvalue weighted by molar-refractivity contribution is 5.75. The van der Waals surface area contributed by atoms with Gasteiger partial charge in [0.25, 0.3) is 0 Å². The Labute approximate surface area is 96.8 Å². The standard InChI is InChI=1S/C11H12O6/c12-7-2-3-8(10(15)11(16)17)6(5-7)1-4-9(13)14/h2-3,5,10,12,15H,1,4H2,(H,13,14)(H,16,17). The summed E-state index contributed by atoms with van der Waals surface area (Å²) in [5, 5.41) is 35.9. The average Bonchev–Trinajstić information content (AvgIpc) is 2.25. The van der Waals surface area contributed by atoms with Crippen molar-refractivity contribution in [3.05, 3.63) is 29.3 Å². The minimum absolute atomic E-state index is 0.0450. The van der Waals surface area contributed by atoms with Crippen molar-refractivity contribution in [2.75, 3.05) is 0 Å². The molecule has 17 heavy (non-hydrogen) atoms. The molecule has 1 aromatic carbocycles. The van der Waals surface area contributed by atoms with E-state index in [0.717, 1.165) is 0 Å². The van der Waals surface area contributed by atoms with E-state index in [1.54, 1.807) is 0 Å². The molecule has 0 fully saturated rings. The summed E-state index contributed by atoms with van der Waals surface area (Å²) in [6, 6.07) is 3.77. The van der Waals surface area contributed by atoms with Crippen LogP contribution in [0.1, 0.15) is 23.7 Å². The molecule has 0 amide bonds. The van der Waals surface area contributed by atoms with Crippen LogP contribution in [0.2, 0.25) is 0 Å². The number of aromatic hydroxyl groups is 1. The van der Waals surface area contributed by atoms with E-state index >= 15 is 0 Å². The first-order valence-corrected chi connectivity index (χ1v) is 4.86. The molecule has 6 heteroatoms. The molecule has 0 aliphatic heterocycles. The third-order valence-corrected chi connectivity index (χ3v) is 2.26. The Balaban J connectivity index is 3.03. The van der Waals surface area contributed by atoms with Crippen LogP contribution in [0.4, 0.5) is 0 Å². The Hall–Kier alpha value is -2.08. The Kier molecular flexibility index (Phi) is 4.06. The molecule has 92 valence electrons. The zero-order chi connectivity index (χ0) is 13.0. The Morgan fingerprint density at radius 2 is 1.88 bits per heavy atom. The molecule has 1 rings (SSSR count). The van der Waals surface area contributed by atoms with Gasteiger partial charge in [-0.2, -0.15) is 0 Å². The maximum absolute atomic E-state index is 10.6. The third-order valence-electron chi connectivity index (χ3n) is 2.26. The first-order chi connectivity index (χ1) is 7.91. The van der Waals surface area contributed by atoms with Crippen molar-refractivity contribution in [3.8, 4) is 5.75 Å². The molecular formula is C11H12O6. The maximum atomic E-state index is 10.6. The molecule has 0 spiro atoms. The van der Waals surface area contributed by atoms with Crippen LogP contribution in [0.15, 0.2) is 18.2 Å². The summed E-state index contributed by atoms with van der Waals surface area (Å²) in [5.41, 5.74) is 0.402. The topological polar surface area (TPSA) is 115 Å². The van der Waals surface area contributed by atoms with Gasteiger partial charge in [-0.3, -0.25) is 4.79 Å². The SMILES string of the molecule is O=C(O)CCc1cc(O)ccc1C(O)C(=O)O. The van der Waals surface area contributed by atoms with Crippen LogP contribution in [-0.2, 0) is 16.0 Å². The molecule has 1 unspecified atom stereocenters. The van der Waals surface area contributed by atoms with Gasteiger partial charge in [0.1, 0.15) is 5.75 Å². The van der Waals surface area contributed by atoms with Crippen molar-refractivity contribution in [2.24, 2.45) is 0 Å². The third kappa shape index (κ3) is 3.46. The normalized spacial score (nSPS) is 12.1. The molecule has 0 saturated heterocycles. The monoisotopic (exact) mass is 240 g/mol. The summed E-state index contributed by atoms with van der Waals surface area (Å²) in [7, 11) is 0. The van der Waals surface area contributed by atoms with E-state index in [1.807, 2.05) is 0 Å². The molecule has 0 bridgehead atoms. The number of phenolic OH excluding ortho intramolecular Hbond substituents is 1. The highest BCUT2D eigenvalue weighted by atomic mass is 16.4. The van der Waals surface area contributed by atoms with E-state index in [1.165, 1.54) is 18.2 Å². The zero-order valence-electron chi connectivity index (χ0n) is 8.83. The van der Waals surface area contributed by atoms with Gasteiger partial charge in [0.05, 0.1) is 0 Å². The van der Waals surface area contributed by atoms with Crippen LogP contribution in [-0.4, -0.2) is 32.4 Å². The van der Waals surface area contributed by atoms with Crippen molar-refractivity contribution in [2.45, 2.75) is 18.9 Å². The van der Waals surface area contributed by atoms with Crippen molar-refractivity contribution in [1.29, 1.82) is 0 Å². The smallest absolute Gasteiger partial charge is 0.337 e. The molecule has 0 radical (unpaired) electrons. The second kappa shape index (κ2) is 5.31. The summed E-state index contributed by atoms with van der Waals surface area (Å²) in [6.07, 6.45) is -1.88. The van der Waals surface area contributed by atoms with Crippen molar-refractivity contribution in [1.82, 2.24) is 0 Å². The van der Waals surface area contributed by atoms with Crippen LogP contribution in [0, 0.1) is 0 Å². The molecule has 0 aromatic heterocycles. The lowest BCUT2D eigenvalue weighted by Crippen LogP contribution is -2.13. The van der Waals surface area contributed by atoms with Gasteiger partial charge in [0, 0.05) is 6.42 Å². The molecule has 0 aliphatic carbocycles. The minimum atomic E-state index is -1.72. The number of phenols is 1. The number of aryl methyl sites for hydroxylation is 1. The summed E-state index contributed by atoms with van der Waals surface area (Å²) in [6.45, 7) is 0. The number of carboxylic acids is 2. The predicted molar refractivity (Wildman–Crippen MR) is 56.7 cm³/mol. The molecule has 1 atom stereocenters. The second-order valence-corrected chi connectivity index (χ2v) is 3.52. The van der Waals surface area contributed by atoms with Crippen LogP contribution in [0.25, 0.3) is 0 Å². The lowest BCUT2D eigenvalue weighted by Gasteiger charge is -2.12. The number of aliphatic carboxylic acids is 2. The highest BCUT2D eigenvalue weighted by Crippen LogP contribution is 2.24. The predicted octanol–water partition coefficient (Wildman–Crippen LogP) is 0.527. The van der Waals surface area contributed by atoms with Crippen LogP contribution in [0.3, 0.4) is 0 Å². The first kappa shape index (κ1) is 13.0. The quantitative estimate of drug-likeness (QED) is 0.596.